The van der Waals surface area contributed by atoms with E-state index in [1.54, 1.807) is 31.7 Å². The van der Waals surface area contributed by atoms with Gasteiger partial charge in [-0.15, -0.1) is 0 Å². The van der Waals surface area contributed by atoms with E-state index in [1.807, 2.05) is 12.1 Å². The highest BCUT2D eigenvalue weighted by Crippen LogP contribution is 2.43. The molecule has 0 radical (unpaired) electrons. The van der Waals surface area contributed by atoms with Crippen molar-refractivity contribution in [3.05, 3.63) is 58.9 Å². The molecule has 4 unspecified atom stereocenters. The van der Waals surface area contributed by atoms with Crippen LogP contribution in [0.3, 0.4) is 0 Å². The number of hydrogen-bond donors (Lipinski definition) is 1. The molecule has 1 saturated carbocycles. The van der Waals surface area contributed by atoms with Crippen LogP contribution in [0.4, 0.5) is 9.18 Å². The molecule has 3 aliphatic rings. The standard InChI is InChI=1S/C30H35FN4O3/c1-30(2,3)38-29(37)35-25-10-9-21(13-25)27(35)28(36)33-24(15-32)12-20-7-5-19(14-26(20)31)18-6-8-22-16-34(4)17-23(22)11-18/h5-8,11,14,21,24-25,27H,9-10,12-13,16-17H2,1-4H3,(H,33,36). The Morgan fingerprint density at radius 1 is 1.13 bits per heavy atom. The van der Waals surface area contributed by atoms with Crippen LogP contribution in [0.15, 0.2) is 36.4 Å². The van der Waals surface area contributed by atoms with E-state index in [0.717, 1.165) is 43.5 Å². The number of fused-ring (bicyclic) bond motifs is 3. The summed E-state index contributed by atoms with van der Waals surface area (Å²) in [5.74, 6) is -0.755. The molecule has 200 valence electrons. The maximum atomic E-state index is 15.2. The molecule has 4 atom stereocenters. The van der Waals surface area contributed by atoms with Crippen LogP contribution in [-0.4, -0.2) is 52.6 Å². The third kappa shape index (κ3) is 5.25. The highest BCUT2D eigenvalue weighted by molar-refractivity contribution is 5.87. The lowest BCUT2D eigenvalue weighted by atomic mass is 9.96. The van der Waals surface area contributed by atoms with Gasteiger partial charge in [-0.25, -0.2) is 9.18 Å². The molecule has 2 aliphatic heterocycles. The Hall–Kier alpha value is -3.44. The van der Waals surface area contributed by atoms with Crippen LogP contribution in [0.25, 0.3) is 11.1 Å². The molecule has 2 aromatic rings. The molecular formula is C30H35FN4O3. The third-order valence-corrected chi connectivity index (χ3v) is 7.83. The number of amides is 2. The number of carbonyl (C=O) groups excluding carboxylic acids is 2. The fraction of sp³-hybridized carbons (Fsp3) is 0.500. The van der Waals surface area contributed by atoms with E-state index in [-0.39, 0.29) is 24.3 Å². The van der Waals surface area contributed by atoms with Gasteiger partial charge < -0.3 is 10.1 Å². The summed E-state index contributed by atoms with van der Waals surface area (Å²) in [5.41, 5.74) is 3.96. The third-order valence-electron chi connectivity index (χ3n) is 7.83. The topological polar surface area (TPSA) is 85.7 Å². The quantitative estimate of drug-likeness (QED) is 0.616. The molecule has 2 heterocycles. The van der Waals surface area contributed by atoms with Crippen LogP contribution < -0.4 is 5.32 Å². The Kier molecular flexibility index (Phi) is 6.91. The van der Waals surface area contributed by atoms with E-state index in [0.29, 0.717) is 5.56 Å². The molecule has 7 nitrogen and oxygen atoms in total. The summed E-state index contributed by atoms with van der Waals surface area (Å²) in [6.45, 7) is 7.18. The predicted molar refractivity (Wildman–Crippen MR) is 141 cm³/mol. The summed E-state index contributed by atoms with van der Waals surface area (Å²) in [7, 11) is 2.07. The Morgan fingerprint density at radius 3 is 2.55 bits per heavy atom. The fourth-order valence-corrected chi connectivity index (χ4v) is 6.15. The number of rotatable bonds is 5. The zero-order chi connectivity index (χ0) is 27.2. The number of nitrogens with one attached hydrogen (secondary N) is 1. The molecule has 1 saturated heterocycles. The Balaban J connectivity index is 1.27. The average Bonchev–Trinajstić information content (AvgIpc) is 3.56. The van der Waals surface area contributed by atoms with Crippen molar-refractivity contribution in [3.8, 4) is 17.2 Å². The van der Waals surface area contributed by atoms with E-state index < -0.39 is 29.6 Å². The molecule has 1 aliphatic carbocycles. The normalized spacial score (nSPS) is 23.2. The predicted octanol–water partition coefficient (Wildman–Crippen LogP) is 4.78. The van der Waals surface area contributed by atoms with Crippen molar-refractivity contribution in [1.29, 1.82) is 5.26 Å². The van der Waals surface area contributed by atoms with Crippen LogP contribution in [0.1, 0.15) is 56.7 Å². The number of piperidine rings is 1. The lowest BCUT2D eigenvalue weighted by Gasteiger charge is -2.35. The summed E-state index contributed by atoms with van der Waals surface area (Å²) < 4.78 is 20.7. The SMILES string of the molecule is CN1Cc2ccc(-c3ccc(CC(C#N)NC(=O)C4C5CCC(C5)N4C(=O)OC(C)(C)C)c(F)c3)cc2C1. The summed E-state index contributed by atoms with van der Waals surface area (Å²) in [4.78, 5) is 30.0. The van der Waals surface area contributed by atoms with Crippen LogP contribution in [0, 0.1) is 23.1 Å². The summed E-state index contributed by atoms with van der Waals surface area (Å²) >= 11 is 0. The van der Waals surface area contributed by atoms with E-state index in [4.69, 9.17) is 4.74 Å². The zero-order valence-electron chi connectivity index (χ0n) is 22.5. The molecule has 0 aromatic heterocycles. The van der Waals surface area contributed by atoms with Gasteiger partial charge in [0.25, 0.3) is 0 Å². The smallest absolute Gasteiger partial charge is 0.411 e. The Labute approximate surface area is 223 Å². The van der Waals surface area contributed by atoms with Crippen LogP contribution in [0.2, 0.25) is 0 Å². The molecule has 2 fully saturated rings. The minimum atomic E-state index is -0.919. The lowest BCUT2D eigenvalue weighted by molar-refractivity contribution is -0.128. The summed E-state index contributed by atoms with van der Waals surface area (Å²) in [6.07, 6.45) is 1.99. The van der Waals surface area contributed by atoms with E-state index >= 15 is 4.39 Å². The Morgan fingerprint density at radius 2 is 1.84 bits per heavy atom. The van der Waals surface area contributed by atoms with Gasteiger partial charge in [-0.3, -0.25) is 14.6 Å². The molecule has 2 aromatic carbocycles. The lowest BCUT2D eigenvalue weighted by Crippen LogP contribution is -2.55. The summed E-state index contributed by atoms with van der Waals surface area (Å²) in [6, 6.07) is 11.7. The molecule has 0 spiro atoms. The highest BCUT2D eigenvalue weighted by Gasteiger charge is 2.52. The fourth-order valence-electron chi connectivity index (χ4n) is 6.15. The first-order valence-electron chi connectivity index (χ1n) is 13.3. The maximum Gasteiger partial charge on any atom is 0.411 e. The van der Waals surface area contributed by atoms with Gasteiger partial charge in [-0.05, 0) is 92.9 Å². The molecule has 2 bridgehead atoms. The number of hydrogen-bond acceptors (Lipinski definition) is 5. The number of benzene rings is 2. The van der Waals surface area contributed by atoms with Gasteiger partial charge in [-0.1, -0.05) is 24.3 Å². The average molecular weight is 519 g/mol. The Bertz CT molecular complexity index is 1300. The van der Waals surface area contributed by atoms with Gasteiger partial charge in [0.2, 0.25) is 5.91 Å². The van der Waals surface area contributed by atoms with E-state index in [2.05, 4.69) is 35.5 Å². The van der Waals surface area contributed by atoms with E-state index in [1.165, 1.54) is 17.2 Å². The van der Waals surface area contributed by atoms with Gasteiger partial charge in [-0.2, -0.15) is 5.26 Å². The molecule has 38 heavy (non-hydrogen) atoms. The molecule has 1 N–H and O–H groups in total. The number of nitrogens with zero attached hydrogens (tertiary/aromatic N) is 3. The minimum absolute atomic E-state index is 0.0317. The van der Waals surface area contributed by atoms with Gasteiger partial charge >= 0.3 is 6.09 Å². The largest absolute Gasteiger partial charge is 0.444 e. The summed E-state index contributed by atoms with van der Waals surface area (Å²) in [5, 5.41) is 12.6. The van der Waals surface area contributed by atoms with E-state index in [9.17, 15) is 14.9 Å². The van der Waals surface area contributed by atoms with Crippen LogP contribution in [-0.2, 0) is 29.0 Å². The number of ether oxygens (including phenoxy) is 1. The van der Waals surface area contributed by atoms with Crippen molar-refractivity contribution in [2.45, 2.75) is 83.3 Å². The first kappa shape index (κ1) is 26.2. The van der Waals surface area contributed by atoms with Gasteiger partial charge in [0, 0.05) is 25.6 Å². The second kappa shape index (κ2) is 10.0. The van der Waals surface area contributed by atoms with Crippen molar-refractivity contribution in [3.63, 3.8) is 0 Å². The van der Waals surface area contributed by atoms with Crippen molar-refractivity contribution in [2.75, 3.05) is 7.05 Å². The number of carbonyl (C=O) groups is 2. The van der Waals surface area contributed by atoms with Gasteiger partial charge in [0.1, 0.15) is 23.5 Å². The molecule has 2 amide bonds. The first-order valence-corrected chi connectivity index (χ1v) is 13.3. The molecular weight excluding hydrogens is 483 g/mol. The zero-order valence-corrected chi connectivity index (χ0v) is 22.5. The second-order valence-electron chi connectivity index (χ2n) is 11.9. The number of likely N-dealkylation sites (tertiary alicyclic amines) is 1. The molecule has 5 rings (SSSR count). The van der Waals surface area contributed by atoms with Gasteiger partial charge in [0.05, 0.1) is 6.07 Å². The van der Waals surface area contributed by atoms with Gasteiger partial charge in [0.15, 0.2) is 0 Å². The van der Waals surface area contributed by atoms with Crippen LogP contribution >= 0.6 is 0 Å². The van der Waals surface area contributed by atoms with Crippen molar-refractivity contribution in [2.24, 2.45) is 5.92 Å². The van der Waals surface area contributed by atoms with Crippen molar-refractivity contribution < 1.29 is 18.7 Å². The minimum Gasteiger partial charge on any atom is -0.444 e. The first-order chi connectivity index (χ1) is 18.0. The molecule has 8 heteroatoms. The van der Waals surface area contributed by atoms with Crippen LogP contribution in [0.5, 0.6) is 0 Å². The monoisotopic (exact) mass is 518 g/mol. The van der Waals surface area contributed by atoms with Crippen molar-refractivity contribution in [1.82, 2.24) is 15.1 Å². The highest BCUT2D eigenvalue weighted by atomic mass is 19.1. The number of nitriles is 1. The number of halogens is 1. The maximum absolute atomic E-state index is 15.2. The second-order valence-corrected chi connectivity index (χ2v) is 11.9. The van der Waals surface area contributed by atoms with Crippen molar-refractivity contribution >= 4 is 12.0 Å².